The van der Waals surface area contributed by atoms with Gasteiger partial charge in [0.2, 0.25) is 0 Å². The fourth-order valence-electron chi connectivity index (χ4n) is 2.15. The number of hydrogen-bond donors (Lipinski definition) is 0. The lowest BCUT2D eigenvalue weighted by molar-refractivity contribution is -0.117. The second-order valence-electron chi connectivity index (χ2n) is 4.53. The molecule has 0 aromatic carbocycles. The molecule has 1 unspecified atom stereocenters. The summed E-state index contributed by atoms with van der Waals surface area (Å²) in [4.78, 5) is 12.8. The van der Waals surface area contributed by atoms with Crippen molar-refractivity contribution in [3.63, 3.8) is 0 Å². The Bertz CT molecular complexity index is 358. The minimum atomic E-state index is 0.118. The maximum atomic E-state index is 11.2. The number of aryl methyl sites for hydroxylation is 1. The van der Waals surface area contributed by atoms with Gasteiger partial charge >= 0.3 is 0 Å². The standard InChI is InChI=1S/C10H15N3O/c1-10(4-3-9(14)6-10)5-8-7-11-13(2)12-8/h7H,3-6H2,1-2H3. The fourth-order valence-corrected chi connectivity index (χ4v) is 2.15. The molecular formula is C10H15N3O. The molecule has 76 valence electrons. The van der Waals surface area contributed by atoms with Crippen molar-refractivity contribution in [1.82, 2.24) is 15.0 Å². The van der Waals surface area contributed by atoms with Gasteiger partial charge in [0, 0.05) is 19.9 Å². The van der Waals surface area contributed by atoms with Crippen LogP contribution in [0.15, 0.2) is 6.20 Å². The van der Waals surface area contributed by atoms with Crippen LogP contribution in [0, 0.1) is 5.41 Å². The third-order valence-corrected chi connectivity index (χ3v) is 2.89. The molecule has 4 heteroatoms. The molecule has 1 aromatic heterocycles. The van der Waals surface area contributed by atoms with Crippen molar-refractivity contribution < 1.29 is 4.79 Å². The van der Waals surface area contributed by atoms with Gasteiger partial charge in [-0.25, -0.2) is 0 Å². The number of carbonyl (C=O) groups excluding carboxylic acids is 1. The van der Waals surface area contributed by atoms with Gasteiger partial charge in [-0.05, 0) is 18.3 Å². The van der Waals surface area contributed by atoms with Crippen LogP contribution in [0.4, 0.5) is 0 Å². The highest BCUT2D eigenvalue weighted by molar-refractivity contribution is 5.81. The van der Waals surface area contributed by atoms with Gasteiger partial charge in [-0.2, -0.15) is 15.0 Å². The van der Waals surface area contributed by atoms with E-state index in [0.29, 0.717) is 12.2 Å². The van der Waals surface area contributed by atoms with E-state index in [0.717, 1.165) is 25.0 Å². The van der Waals surface area contributed by atoms with Crippen LogP contribution >= 0.6 is 0 Å². The SMILES string of the molecule is Cn1ncc(CC2(C)CCC(=O)C2)n1. The number of rotatable bonds is 2. The summed E-state index contributed by atoms with van der Waals surface area (Å²) in [7, 11) is 1.81. The Morgan fingerprint density at radius 3 is 2.93 bits per heavy atom. The van der Waals surface area contributed by atoms with Gasteiger partial charge in [0.05, 0.1) is 11.9 Å². The third-order valence-electron chi connectivity index (χ3n) is 2.89. The number of Topliss-reactive ketones (excluding diaryl/α,β-unsaturated/α-hetero) is 1. The van der Waals surface area contributed by atoms with Gasteiger partial charge in [-0.15, -0.1) is 0 Å². The quantitative estimate of drug-likeness (QED) is 0.707. The second kappa shape index (κ2) is 3.19. The van der Waals surface area contributed by atoms with E-state index in [-0.39, 0.29) is 5.41 Å². The maximum absolute atomic E-state index is 11.2. The van der Waals surface area contributed by atoms with E-state index in [9.17, 15) is 4.79 Å². The van der Waals surface area contributed by atoms with Gasteiger partial charge in [-0.3, -0.25) is 4.79 Å². The highest BCUT2D eigenvalue weighted by Crippen LogP contribution is 2.37. The van der Waals surface area contributed by atoms with Crippen LogP contribution in [-0.2, 0) is 18.3 Å². The molecule has 2 rings (SSSR count). The van der Waals surface area contributed by atoms with E-state index in [1.54, 1.807) is 11.0 Å². The number of hydrogen-bond acceptors (Lipinski definition) is 3. The molecule has 1 atom stereocenters. The van der Waals surface area contributed by atoms with Crippen molar-refractivity contribution in [3.05, 3.63) is 11.9 Å². The summed E-state index contributed by atoms with van der Waals surface area (Å²) >= 11 is 0. The highest BCUT2D eigenvalue weighted by Gasteiger charge is 2.34. The summed E-state index contributed by atoms with van der Waals surface area (Å²) in [6.45, 7) is 2.16. The van der Waals surface area contributed by atoms with Crippen molar-refractivity contribution in [2.75, 3.05) is 0 Å². The van der Waals surface area contributed by atoms with Crippen molar-refractivity contribution >= 4 is 5.78 Å². The molecule has 4 nitrogen and oxygen atoms in total. The van der Waals surface area contributed by atoms with E-state index in [4.69, 9.17) is 0 Å². The Morgan fingerprint density at radius 2 is 2.43 bits per heavy atom. The van der Waals surface area contributed by atoms with E-state index >= 15 is 0 Å². The predicted octanol–water partition coefficient (Wildman–Crippen LogP) is 1.12. The van der Waals surface area contributed by atoms with E-state index < -0.39 is 0 Å². The summed E-state index contributed by atoms with van der Waals surface area (Å²) in [6, 6.07) is 0. The van der Waals surface area contributed by atoms with Crippen molar-refractivity contribution in [2.24, 2.45) is 12.5 Å². The molecule has 0 saturated heterocycles. The van der Waals surface area contributed by atoms with E-state index in [1.807, 2.05) is 7.05 Å². The van der Waals surface area contributed by atoms with Gasteiger partial charge in [0.1, 0.15) is 5.78 Å². The zero-order valence-electron chi connectivity index (χ0n) is 8.66. The van der Waals surface area contributed by atoms with Crippen LogP contribution < -0.4 is 0 Å². The number of aromatic nitrogens is 3. The largest absolute Gasteiger partial charge is 0.300 e. The Balaban J connectivity index is 2.07. The first-order chi connectivity index (χ1) is 6.57. The Labute approximate surface area is 83.3 Å². The summed E-state index contributed by atoms with van der Waals surface area (Å²) in [5.41, 5.74) is 1.11. The molecule has 0 amide bonds. The van der Waals surface area contributed by atoms with Crippen LogP contribution in [0.25, 0.3) is 0 Å². The monoisotopic (exact) mass is 193 g/mol. The third kappa shape index (κ3) is 1.84. The molecular weight excluding hydrogens is 178 g/mol. The molecule has 1 aromatic rings. The molecule has 0 radical (unpaired) electrons. The molecule has 1 fully saturated rings. The van der Waals surface area contributed by atoms with Crippen LogP contribution in [0.5, 0.6) is 0 Å². The smallest absolute Gasteiger partial charge is 0.133 e. The molecule has 0 aliphatic heterocycles. The van der Waals surface area contributed by atoms with Crippen molar-refractivity contribution in [3.8, 4) is 0 Å². The summed E-state index contributed by atoms with van der Waals surface area (Å²) in [6.07, 6.45) is 5.07. The highest BCUT2D eigenvalue weighted by atomic mass is 16.1. The molecule has 0 bridgehead atoms. The lowest BCUT2D eigenvalue weighted by Gasteiger charge is -2.20. The maximum Gasteiger partial charge on any atom is 0.133 e. The minimum Gasteiger partial charge on any atom is -0.300 e. The summed E-state index contributed by atoms with van der Waals surface area (Å²) in [5, 5.41) is 8.27. The normalized spacial score (nSPS) is 27.1. The Morgan fingerprint density at radius 1 is 1.64 bits per heavy atom. The fraction of sp³-hybridized carbons (Fsp3) is 0.700. The first kappa shape index (κ1) is 9.37. The number of nitrogens with zero attached hydrogens (tertiary/aromatic N) is 3. The second-order valence-corrected chi connectivity index (χ2v) is 4.53. The molecule has 1 aliphatic rings. The topological polar surface area (TPSA) is 47.8 Å². The lowest BCUT2D eigenvalue weighted by Crippen LogP contribution is -2.16. The molecule has 0 spiro atoms. The van der Waals surface area contributed by atoms with Gasteiger partial charge in [0.15, 0.2) is 0 Å². The molecule has 14 heavy (non-hydrogen) atoms. The number of carbonyl (C=O) groups is 1. The average molecular weight is 193 g/mol. The average Bonchev–Trinajstić information content (AvgIpc) is 2.60. The van der Waals surface area contributed by atoms with Crippen molar-refractivity contribution in [2.45, 2.75) is 32.6 Å². The van der Waals surface area contributed by atoms with Crippen LogP contribution in [0.3, 0.4) is 0 Å². The van der Waals surface area contributed by atoms with Gasteiger partial charge in [-0.1, -0.05) is 6.92 Å². The summed E-state index contributed by atoms with van der Waals surface area (Å²) in [5.74, 6) is 0.386. The molecule has 1 heterocycles. The molecule has 1 saturated carbocycles. The van der Waals surface area contributed by atoms with E-state index in [1.165, 1.54) is 0 Å². The predicted molar refractivity (Wildman–Crippen MR) is 51.7 cm³/mol. The number of ketones is 1. The van der Waals surface area contributed by atoms with Crippen molar-refractivity contribution in [1.29, 1.82) is 0 Å². The molecule has 1 aliphatic carbocycles. The zero-order chi connectivity index (χ0) is 10.2. The Kier molecular flexibility index (Phi) is 2.13. The lowest BCUT2D eigenvalue weighted by atomic mass is 9.84. The zero-order valence-corrected chi connectivity index (χ0v) is 8.66. The molecule has 0 N–H and O–H groups in total. The van der Waals surface area contributed by atoms with E-state index in [2.05, 4.69) is 17.1 Å². The van der Waals surface area contributed by atoms with Gasteiger partial charge in [0.25, 0.3) is 0 Å². The first-order valence-electron chi connectivity index (χ1n) is 4.94. The van der Waals surface area contributed by atoms with Crippen LogP contribution in [-0.4, -0.2) is 20.8 Å². The van der Waals surface area contributed by atoms with Gasteiger partial charge < -0.3 is 0 Å². The van der Waals surface area contributed by atoms with Crippen LogP contribution in [0.2, 0.25) is 0 Å². The van der Waals surface area contributed by atoms with Crippen LogP contribution in [0.1, 0.15) is 31.9 Å². The Hall–Kier alpha value is -1.19. The first-order valence-corrected chi connectivity index (χ1v) is 4.94. The minimum absolute atomic E-state index is 0.118. The summed E-state index contributed by atoms with van der Waals surface area (Å²) < 4.78 is 0.